The number of hydrogen-bond acceptors (Lipinski definition) is 4. The molecule has 0 aromatic heterocycles. The molecule has 162 valence electrons. The van der Waals surface area contributed by atoms with Gasteiger partial charge in [-0.15, -0.1) is 11.8 Å². The number of amides is 2. The van der Waals surface area contributed by atoms with Crippen LogP contribution in [0.4, 0.5) is 9.18 Å². The van der Waals surface area contributed by atoms with Crippen molar-refractivity contribution in [1.29, 1.82) is 0 Å². The number of ether oxygens (including phenoxy) is 1. The van der Waals surface area contributed by atoms with Crippen molar-refractivity contribution in [2.24, 2.45) is 0 Å². The fourth-order valence-corrected chi connectivity index (χ4v) is 6.02. The average Bonchev–Trinajstić information content (AvgIpc) is 3.27. The van der Waals surface area contributed by atoms with Crippen LogP contribution in [-0.2, 0) is 16.0 Å². The predicted molar refractivity (Wildman–Crippen MR) is 117 cm³/mol. The van der Waals surface area contributed by atoms with Gasteiger partial charge in [0.2, 0.25) is 5.91 Å². The van der Waals surface area contributed by atoms with E-state index < -0.39 is 5.82 Å². The molecule has 3 aliphatic rings. The highest BCUT2D eigenvalue weighted by Gasteiger charge is 2.50. The van der Waals surface area contributed by atoms with Crippen LogP contribution in [0.1, 0.15) is 30.0 Å². The highest BCUT2D eigenvalue weighted by molar-refractivity contribution is 8.00. The van der Waals surface area contributed by atoms with E-state index in [4.69, 9.17) is 16.3 Å². The molecular formula is C23H22ClFN2O3S. The number of hydrogen-bond donors (Lipinski definition) is 0. The third-order valence-corrected chi connectivity index (χ3v) is 7.85. The molecule has 2 saturated heterocycles. The molecule has 2 fully saturated rings. The van der Waals surface area contributed by atoms with Crippen LogP contribution < -0.4 is 0 Å². The minimum Gasteiger partial charge on any atom is -0.443 e. The van der Waals surface area contributed by atoms with E-state index in [1.165, 1.54) is 35.0 Å². The molecule has 0 saturated carbocycles. The molecule has 0 radical (unpaired) electrons. The Hall–Kier alpha value is -2.25. The largest absolute Gasteiger partial charge is 0.443 e. The van der Waals surface area contributed by atoms with Gasteiger partial charge >= 0.3 is 6.09 Å². The minimum absolute atomic E-state index is 0.0212. The Balaban J connectivity index is 1.19. The molecule has 5 nitrogen and oxygen atoms in total. The SMILES string of the molecule is O=C(CSc1ccc(F)cc1Cl)N1CCC(N2C(=O)O[C@@H]3Cc4ccccc4[C@@H]32)CC1. The van der Waals surface area contributed by atoms with Crippen LogP contribution in [0.15, 0.2) is 47.4 Å². The van der Waals surface area contributed by atoms with Crippen molar-refractivity contribution >= 4 is 35.4 Å². The number of thioether (sulfide) groups is 1. The summed E-state index contributed by atoms with van der Waals surface area (Å²) in [4.78, 5) is 29.7. The molecule has 2 atom stereocenters. The first-order valence-corrected chi connectivity index (χ1v) is 11.8. The van der Waals surface area contributed by atoms with E-state index in [0.29, 0.717) is 23.0 Å². The Morgan fingerprint density at radius 1 is 1.19 bits per heavy atom. The normalized spacial score (nSPS) is 23.0. The first-order valence-electron chi connectivity index (χ1n) is 10.4. The van der Waals surface area contributed by atoms with Crippen molar-refractivity contribution in [2.45, 2.75) is 42.3 Å². The first-order chi connectivity index (χ1) is 15.0. The summed E-state index contributed by atoms with van der Waals surface area (Å²) in [6.45, 7) is 1.20. The van der Waals surface area contributed by atoms with Gasteiger partial charge < -0.3 is 9.64 Å². The van der Waals surface area contributed by atoms with Gasteiger partial charge in [0, 0.05) is 30.4 Å². The lowest BCUT2D eigenvalue weighted by Crippen LogP contribution is -2.48. The Bertz CT molecular complexity index is 1030. The summed E-state index contributed by atoms with van der Waals surface area (Å²) >= 11 is 7.36. The van der Waals surface area contributed by atoms with E-state index >= 15 is 0 Å². The smallest absolute Gasteiger partial charge is 0.411 e. The molecule has 5 rings (SSSR count). The van der Waals surface area contributed by atoms with Crippen molar-refractivity contribution in [1.82, 2.24) is 9.80 Å². The number of halogens is 2. The van der Waals surface area contributed by atoms with E-state index in [2.05, 4.69) is 12.1 Å². The van der Waals surface area contributed by atoms with Crippen molar-refractivity contribution in [3.05, 3.63) is 64.4 Å². The second-order valence-electron chi connectivity index (χ2n) is 8.15. The van der Waals surface area contributed by atoms with E-state index in [1.807, 2.05) is 21.9 Å². The maximum Gasteiger partial charge on any atom is 0.411 e. The van der Waals surface area contributed by atoms with Crippen molar-refractivity contribution < 1.29 is 18.7 Å². The highest BCUT2D eigenvalue weighted by atomic mass is 35.5. The molecule has 2 amide bonds. The lowest BCUT2D eigenvalue weighted by Gasteiger charge is -2.38. The molecule has 2 aromatic rings. The van der Waals surface area contributed by atoms with Crippen LogP contribution in [0.2, 0.25) is 5.02 Å². The maximum absolute atomic E-state index is 13.2. The average molecular weight is 461 g/mol. The summed E-state index contributed by atoms with van der Waals surface area (Å²) < 4.78 is 18.9. The van der Waals surface area contributed by atoms with Gasteiger partial charge in [-0.05, 0) is 42.2 Å². The third kappa shape index (κ3) is 3.89. The van der Waals surface area contributed by atoms with E-state index in [0.717, 1.165) is 19.3 Å². The Morgan fingerprint density at radius 2 is 1.97 bits per heavy atom. The zero-order valence-electron chi connectivity index (χ0n) is 16.8. The standard InChI is InChI=1S/C23H22ClFN2O3S/c24-18-12-15(25)5-6-20(18)31-13-21(28)26-9-7-16(8-10-26)27-22-17-4-2-1-3-14(17)11-19(22)30-23(27)29/h1-6,12,16,19,22H,7-11,13H2/t19-,22+/m1/s1. The van der Waals surface area contributed by atoms with Crippen molar-refractivity contribution in [2.75, 3.05) is 18.8 Å². The molecule has 2 heterocycles. The monoisotopic (exact) mass is 460 g/mol. The minimum atomic E-state index is -0.393. The number of fused-ring (bicyclic) bond motifs is 3. The number of carbonyl (C=O) groups excluding carboxylic acids is 2. The third-order valence-electron chi connectivity index (χ3n) is 6.37. The lowest BCUT2D eigenvalue weighted by molar-refractivity contribution is -0.129. The van der Waals surface area contributed by atoms with Crippen LogP contribution in [-0.4, -0.2) is 52.8 Å². The molecule has 2 aliphatic heterocycles. The Kier molecular flexibility index (Phi) is 5.56. The molecule has 2 aromatic carbocycles. The van der Waals surface area contributed by atoms with Crippen LogP contribution in [0.25, 0.3) is 0 Å². The fraction of sp³-hybridized carbons (Fsp3) is 0.391. The molecule has 8 heteroatoms. The maximum atomic E-state index is 13.2. The number of likely N-dealkylation sites (tertiary alicyclic amines) is 1. The van der Waals surface area contributed by atoms with E-state index in [9.17, 15) is 14.0 Å². The number of benzene rings is 2. The predicted octanol–water partition coefficient (Wildman–Crippen LogP) is 4.68. The summed E-state index contributed by atoms with van der Waals surface area (Å²) in [6.07, 6.45) is 1.88. The quantitative estimate of drug-likeness (QED) is 0.621. The molecule has 0 spiro atoms. The van der Waals surface area contributed by atoms with Gasteiger partial charge in [-0.2, -0.15) is 0 Å². The van der Waals surface area contributed by atoms with Crippen molar-refractivity contribution in [3.8, 4) is 0 Å². The number of carbonyl (C=O) groups is 2. The van der Waals surface area contributed by atoms with Gasteiger partial charge in [0.15, 0.2) is 0 Å². The fourth-order valence-electron chi connectivity index (χ4n) is 4.87. The van der Waals surface area contributed by atoms with E-state index in [-0.39, 0.29) is 35.9 Å². The molecular weight excluding hydrogens is 439 g/mol. The van der Waals surface area contributed by atoms with Gasteiger partial charge in [-0.1, -0.05) is 35.9 Å². The van der Waals surface area contributed by atoms with Crippen molar-refractivity contribution in [3.63, 3.8) is 0 Å². The summed E-state index contributed by atoms with van der Waals surface area (Å²) in [5.74, 6) is -0.118. The van der Waals surface area contributed by atoms with Crippen LogP contribution in [0.5, 0.6) is 0 Å². The summed E-state index contributed by atoms with van der Waals surface area (Å²) in [7, 11) is 0. The summed E-state index contributed by atoms with van der Waals surface area (Å²) in [5, 5.41) is 0.315. The summed E-state index contributed by atoms with van der Waals surface area (Å²) in [6, 6.07) is 12.5. The van der Waals surface area contributed by atoms with Gasteiger partial charge in [0.25, 0.3) is 0 Å². The zero-order valence-corrected chi connectivity index (χ0v) is 18.4. The van der Waals surface area contributed by atoms with Crippen LogP contribution >= 0.6 is 23.4 Å². The van der Waals surface area contributed by atoms with Crippen LogP contribution in [0.3, 0.4) is 0 Å². The molecule has 0 bridgehead atoms. The van der Waals surface area contributed by atoms with E-state index in [1.54, 1.807) is 6.07 Å². The lowest BCUT2D eigenvalue weighted by atomic mass is 9.99. The molecule has 0 N–H and O–H groups in total. The number of piperidine rings is 1. The molecule has 1 aliphatic carbocycles. The first kappa shape index (κ1) is 20.6. The van der Waals surface area contributed by atoms with Crippen LogP contribution in [0, 0.1) is 5.82 Å². The Labute approximate surface area is 189 Å². The number of rotatable bonds is 4. The van der Waals surface area contributed by atoms with Gasteiger partial charge in [-0.25, -0.2) is 9.18 Å². The Morgan fingerprint density at radius 3 is 2.74 bits per heavy atom. The summed E-state index contributed by atoms with van der Waals surface area (Å²) in [5.41, 5.74) is 2.43. The van der Waals surface area contributed by atoms with Gasteiger partial charge in [-0.3, -0.25) is 9.69 Å². The highest BCUT2D eigenvalue weighted by Crippen LogP contribution is 2.44. The van der Waals surface area contributed by atoms with Gasteiger partial charge in [0.05, 0.1) is 16.8 Å². The second-order valence-corrected chi connectivity index (χ2v) is 9.58. The molecule has 0 unspecified atom stereocenters. The molecule has 31 heavy (non-hydrogen) atoms. The second kappa shape index (κ2) is 8.36. The topological polar surface area (TPSA) is 49.9 Å². The number of nitrogens with zero attached hydrogens (tertiary/aromatic N) is 2. The zero-order chi connectivity index (χ0) is 21.5. The van der Waals surface area contributed by atoms with Gasteiger partial charge in [0.1, 0.15) is 11.9 Å².